The number of aromatic nitrogens is 1. The minimum atomic E-state index is -0.265. The maximum Gasteiger partial charge on any atom is 0.319 e. The molecule has 2 aromatic rings. The lowest BCUT2D eigenvalue weighted by Gasteiger charge is -2.28. The monoisotopic (exact) mass is 465 g/mol. The molecule has 0 saturated carbocycles. The highest BCUT2D eigenvalue weighted by molar-refractivity contribution is 6.07. The summed E-state index contributed by atoms with van der Waals surface area (Å²) in [5.74, 6) is -0.125. The SMILES string of the molecule is O=C(NCCN1CCOCC1)Nc1ccc(C(=O)C=Cc2cc(N3CCOCC3)ccn2)cc1. The second-order valence-electron chi connectivity index (χ2n) is 8.15. The number of benzene rings is 1. The number of ether oxygens (including phenoxy) is 2. The average Bonchev–Trinajstić information content (AvgIpc) is 2.89. The minimum Gasteiger partial charge on any atom is -0.379 e. The molecule has 1 aromatic carbocycles. The number of carbonyl (C=O) groups is 2. The van der Waals surface area contributed by atoms with Crippen molar-refractivity contribution in [2.45, 2.75) is 0 Å². The number of anilines is 2. The van der Waals surface area contributed by atoms with Crippen LogP contribution in [0.2, 0.25) is 0 Å². The molecule has 180 valence electrons. The topological polar surface area (TPSA) is 96.0 Å². The number of ketones is 1. The van der Waals surface area contributed by atoms with Gasteiger partial charge in [0.1, 0.15) is 0 Å². The Labute approximate surface area is 199 Å². The lowest BCUT2D eigenvalue weighted by Crippen LogP contribution is -2.42. The fourth-order valence-corrected chi connectivity index (χ4v) is 3.85. The van der Waals surface area contributed by atoms with Gasteiger partial charge in [0, 0.05) is 62.4 Å². The molecule has 0 radical (unpaired) electrons. The van der Waals surface area contributed by atoms with E-state index >= 15 is 0 Å². The standard InChI is InChI=1S/C25H31N5O4/c31-24(6-5-22-19-23(7-8-26-22)30-13-17-34-18-14-30)20-1-3-21(4-2-20)28-25(32)27-9-10-29-11-15-33-16-12-29/h1-8,19H,9-18H2,(H2,27,28,32). The van der Waals surface area contributed by atoms with Crippen molar-refractivity contribution in [1.29, 1.82) is 0 Å². The number of hydrogen-bond donors (Lipinski definition) is 2. The van der Waals surface area contributed by atoms with Gasteiger partial charge >= 0.3 is 6.03 Å². The van der Waals surface area contributed by atoms with E-state index in [2.05, 4.69) is 25.4 Å². The first kappa shape index (κ1) is 23.9. The molecule has 2 saturated heterocycles. The van der Waals surface area contributed by atoms with Gasteiger partial charge in [-0.1, -0.05) is 0 Å². The Morgan fingerprint density at radius 1 is 0.971 bits per heavy atom. The summed E-state index contributed by atoms with van der Waals surface area (Å²) < 4.78 is 10.7. The molecule has 1 aromatic heterocycles. The molecule has 34 heavy (non-hydrogen) atoms. The van der Waals surface area contributed by atoms with Crippen molar-refractivity contribution in [3.63, 3.8) is 0 Å². The third kappa shape index (κ3) is 7.11. The van der Waals surface area contributed by atoms with Crippen molar-refractivity contribution in [3.05, 3.63) is 59.9 Å². The second kappa shape index (κ2) is 12.3. The Hall–Kier alpha value is -3.27. The van der Waals surface area contributed by atoms with E-state index in [1.807, 2.05) is 12.1 Å². The summed E-state index contributed by atoms with van der Waals surface area (Å²) in [6.07, 6.45) is 4.99. The summed E-state index contributed by atoms with van der Waals surface area (Å²) in [6.45, 7) is 7.74. The number of allylic oxidation sites excluding steroid dienone is 1. The van der Waals surface area contributed by atoms with Crippen molar-refractivity contribution in [2.75, 3.05) is 75.9 Å². The molecule has 2 aliphatic rings. The zero-order valence-corrected chi connectivity index (χ0v) is 19.2. The van der Waals surface area contributed by atoms with Crippen LogP contribution >= 0.6 is 0 Å². The molecule has 0 bridgehead atoms. The maximum atomic E-state index is 12.6. The molecule has 0 unspecified atom stereocenters. The summed E-state index contributed by atoms with van der Waals surface area (Å²) in [7, 11) is 0. The molecule has 4 rings (SSSR count). The highest BCUT2D eigenvalue weighted by atomic mass is 16.5. The molecule has 0 atom stereocenters. The number of nitrogens with zero attached hydrogens (tertiary/aromatic N) is 3. The molecule has 2 aliphatic heterocycles. The molecule has 2 amide bonds. The largest absolute Gasteiger partial charge is 0.379 e. The molecule has 3 heterocycles. The van der Waals surface area contributed by atoms with Crippen LogP contribution in [-0.4, -0.2) is 87.4 Å². The molecule has 2 N–H and O–H groups in total. The highest BCUT2D eigenvalue weighted by Gasteiger charge is 2.12. The zero-order chi connectivity index (χ0) is 23.6. The lowest BCUT2D eigenvalue weighted by molar-refractivity contribution is 0.0388. The fourth-order valence-electron chi connectivity index (χ4n) is 3.85. The number of carbonyl (C=O) groups excluding carboxylic acids is 2. The highest BCUT2D eigenvalue weighted by Crippen LogP contribution is 2.17. The van der Waals surface area contributed by atoms with Crippen molar-refractivity contribution < 1.29 is 19.1 Å². The number of amides is 2. The molecule has 9 nitrogen and oxygen atoms in total. The predicted octanol–water partition coefficient (Wildman–Crippen LogP) is 2.27. The third-order valence-corrected chi connectivity index (χ3v) is 5.79. The molecule has 2 fully saturated rings. The number of pyridine rings is 1. The van der Waals surface area contributed by atoms with E-state index < -0.39 is 0 Å². The van der Waals surface area contributed by atoms with Crippen LogP contribution in [0.15, 0.2) is 48.7 Å². The summed E-state index contributed by atoms with van der Waals surface area (Å²) in [5, 5.41) is 5.65. The first-order valence-electron chi connectivity index (χ1n) is 11.6. The van der Waals surface area contributed by atoms with Gasteiger partial charge in [-0.3, -0.25) is 14.7 Å². The van der Waals surface area contributed by atoms with Crippen LogP contribution in [0.5, 0.6) is 0 Å². The Morgan fingerprint density at radius 3 is 2.41 bits per heavy atom. The fraction of sp³-hybridized carbons (Fsp3) is 0.400. The van der Waals surface area contributed by atoms with E-state index in [9.17, 15) is 9.59 Å². The molecule has 0 aliphatic carbocycles. The van der Waals surface area contributed by atoms with Crippen LogP contribution in [0.4, 0.5) is 16.2 Å². The first-order valence-corrected chi connectivity index (χ1v) is 11.6. The van der Waals surface area contributed by atoms with Crippen molar-refractivity contribution >= 4 is 29.3 Å². The summed E-state index contributed by atoms with van der Waals surface area (Å²) >= 11 is 0. The van der Waals surface area contributed by atoms with E-state index in [1.165, 1.54) is 6.08 Å². The number of hydrogen-bond acceptors (Lipinski definition) is 7. The van der Waals surface area contributed by atoms with Gasteiger partial charge in [0.25, 0.3) is 0 Å². The van der Waals surface area contributed by atoms with Crippen molar-refractivity contribution in [1.82, 2.24) is 15.2 Å². The minimum absolute atomic E-state index is 0.125. The van der Waals surface area contributed by atoms with Crippen LogP contribution in [0, 0.1) is 0 Å². The normalized spacial score (nSPS) is 17.0. The van der Waals surface area contributed by atoms with E-state index in [-0.39, 0.29) is 11.8 Å². The summed E-state index contributed by atoms with van der Waals surface area (Å²) in [6, 6.07) is 10.5. The van der Waals surface area contributed by atoms with Gasteiger partial charge in [-0.25, -0.2) is 4.79 Å². The number of morpholine rings is 2. The summed E-state index contributed by atoms with van der Waals surface area (Å²) in [4.78, 5) is 33.5. The van der Waals surface area contributed by atoms with Gasteiger partial charge < -0.3 is 25.0 Å². The predicted molar refractivity (Wildman–Crippen MR) is 131 cm³/mol. The lowest BCUT2D eigenvalue weighted by atomic mass is 10.1. The average molecular weight is 466 g/mol. The Balaban J connectivity index is 1.25. The zero-order valence-electron chi connectivity index (χ0n) is 19.2. The molecule has 0 spiro atoms. The number of nitrogens with one attached hydrogen (secondary N) is 2. The Bertz CT molecular complexity index is 983. The van der Waals surface area contributed by atoms with E-state index in [4.69, 9.17) is 9.47 Å². The molecular formula is C25H31N5O4. The van der Waals surface area contributed by atoms with Crippen LogP contribution in [0.1, 0.15) is 16.1 Å². The summed E-state index contributed by atoms with van der Waals surface area (Å²) in [5.41, 5.74) is 2.97. The van der Waals surface area contributed by atoms with E-state index in [0.29, 0.717) is 31.0 Å². The first-order chi connectivity index (χ1) is 16.7. The van der Waals surface area contributed by atoms with Crippen LogP contribution < -0.4 is 15.5 Å². The van der Waals surface area contributed by atoms with Gasteiger partial charge in [0.05, 0.1) is 32.1 Å². The third-order valence-electron chi connectivity index (χ3n) is 5.79. The van der Waals surface area contributed by atoms with Gasteiger partial charge in [0.15, 0.2) is 5.78 Å². The Morgan fingerprint density at radius 2 is 1.68 bits per heavy atom. The van der Waals surface area contributed by atoms with E-state index in [1.54, 1.807) is 36.5 Å². The smallest absolute Gasteiger partial charge is 0.319 e. The van der Waals surface area contributed by atoms with Crippen molar-refractivity contribution in [3.8, 4) is 0 Å². The maximum absolute atomic E-state index is 12.6. The van der Waals surface area contributed by atoms with Crippen LogP contribution in [0.25, 0.3) is 6.08 Å². The van der Waals surface area contributed by atoms with Crippen LogP contribution in [0.3, 0.4) is 0 Å². The van der Waals surface area contributed by atoms with Gasteiger partial charge in [0.2, 0.25) is 0 Å². The van der Waals surface area contributed by atoms with Crippen LogP contribution in [-0.2, 0) is 9.47 Å². The second-order valence-corrected chi connectivity index (χ2v) is 8.15. The quantitative estimate of drug-likeness (QED) is 0.456. The molecule has 9 heteroatoms. The Kier molecular flexibility index (Phi) is 8.61. The van der Waals surface area contributed by atoms with Gasteiger partial charge in [-0.2, -0.15) is 0 Å². The van der Waals surface area contributed by atoms with Gasteiger partial charge in [-0.15, -0.1) is 0 Å². The molecular weight excluding hydrogens is 434 g/mol. The van der Waals surface area contributed by atoms with Crippen molar-refractivity contribution in [2.24, 2.45) is 0 Å². The number of rotatable bonds is 8. The van der Waals surface area contributed by atoms with Gasteiger partial charge in [-0.05, 0) is 48.6 Å². The number of urea groups is 1. The van der Waals surface area contributed by atoms with E-state index in [0.717, 1.165) is 57.3 Å².